The monoisotopic (exact) mass is 504 g/mol. The maximum Gasteiger partial charge on any atom is 0.326 e. The van der Waals surface area contributed by atoms with Gasteiger partial charge in [0.05, 0.1) is 12.5 Å². The summed E-state index contributed by atoms with van der Waals surface area (Å²) in [5.74, 6) is -4.92. The topological polar surface area (TPSA) is 258 Å². The van der Waals surface area contributed by atoms with Gasteiger partial charge in [-0.3, -0.25) is 24.2 Å². The molecule has 0 aliphatic carbocycles. The quantitative estimate of drug-likeness (QED) is 0.0442. The molecule has 12 N–H and O–H groups in total. The average Bonchev–Trinajstić information content (AvgIpc) is 2.75. The molecule has 0 heterocycles. The smallest absolute Gasteiger partial charge is 0.326 e. The van der Waals surface area contributed by atoms with Crippen LogP contribution in [-0.4, -0.2) is 77.1 Å². The maximum atomic E-state index is 12.9. The van der Waals surface area contributed by atoms with E-state index < -0.39 is 60.2 Å². The van der Waals surface area contributed by atoms with Gasteiger partial charge >= 0.3 is 5.97 Å². The van der Waals surface area contributed by atoms with Crippen molar-refractivity contribution in [3.63, 3.8) is 0 Å². The third kappa shape index (κ3) is 11.7. The number of nitrogens with zero attached hydrogens (tertiary/aromatic N) is 1. The number of nitrogens with one attached hydrogen (secondary N) is 3. The lowest BCUT2D eigenvalue weighted by atomic mass is 9.99. The van der Waals surface area contributed by atoms with E-state index >= 15 is 0 Å². The second kappa shape index (κ2) is 15.7. The zero-order valence-corrected chi connectivity index (χ0v) is 20.2. The number of hydrogen-bond acceptors (Lipinski definition) is 8. The fraction of sp³-hybridized carbons (Fsp3) is 0.684. The molecule has 5 unspecified atom stereocenters. The van der Waals surface area contributed by atoms with E-state index in [2.05, 4.69) is 33.6 Å². The van der Waals surface area contributed by atoms with E-state index in [0.29, 0.717) is 6.42 Å². The van der Waals surface area contributed by atoms with Crippen LogP contribution < -0.4 is 38.9 Å². The van der Waals surface area contributed by atoms with Crippen LogP contribution in [0.5, 0.6) is 0 Å². The zero-order valence-electron chi connectivity index (χ0n) is 19.3. The first-order valence-electron chi connectivity index (χ1n) is 10.7. The summed E-state index contributed by atoms with van der Waals surface area (Å²) in [6.07, 6.45) is 0.435. The van der Waals surface area contributed by atoms with Crippen LogP contribution in [0.3, 0.4) is 0 Å². The molecular formula is C19H36N8O6S. The summed E-state index contributed by atoms with van der Waals surface area (Å²) >= 11 is 4.07. The summed E-state index contributed by atoms with van der Waals surface area (Å²) in [5, 5.41) is 16.7. The van der Waals surface area contributed by atoms with E-state index in [4.69, 9.17) is 22.9 Å². The van der Waals surface area contributed by atoms with Crippen LogP contribution in [0.15, 0.2) is 4.99 Å². The number of rotatable bonds is 16. The number of aliphatic carboxylic acids is 1. The van der Waals surface area contributed by atoms with Crippen molar-refractivity contribution < 1.29 is 29.1 Å². The minimum Gasteiger partial charge on any atom is -0.480 e. The number of carboxylic acids is 1. The molecule has 0 aliphatic heterocycles. The number of aliphatic imine (C=N–C) groups is 1. The van der Waals surface area contributed by atoms with Crippen LogP contribution in [0.2, 0.25) is 0 Å². The van der Waals surface area contributed by atoms with Gasteiger partial charge < -0.3 is 44.0 Å². The van der Waals surface area contributed by atoms with E-state index in [1.165, 1.54) is 0 Å². The number of carboxylic acid groups (broad SMARTS) is 1. The van der Waals surface area contributed by atoms with E-state index in [-0.39, 0.29) is 37.0 Å². The molecule has 0 saturated carbocycles. The molecule has 34 heavy (non-hydrogen) atoms. The molecule has 0 aliphatic rings. The van der Waals surface area contributed by atoms with Crippen LogP contribution in [0.1, 0.15) is 39.5 Å². The minimum atomic E-state index is -1.28. The Morgan fingerprint density at radius 3 is 2.00 bits per heavy atom. The second-order valence-corrected chi connectivity index (χ2v) is 8.11. The van der Waals surface area contributed by atoms with Crippen molar-refractivity contribution in [2.24, 2.45) is 33.8 Å². The van der Waals surface area contributed by atoms with Gasteiger partial charge in [-0.1, -0.05) is 20.3 Å². The molecule has 0 aromatic carbocycles. The molecule has 0 spiro atoms. The molecule has 15 heteroatoms. The van der Waals surface area contributed by atoms with Crippen molar-refractivity contribution in [2.75, 3.05) is 12.3 Å². The molecule has 0 rings (SSSR count). The van der Waals surface area contributed by atoms with Gasteiger partial charge in [-0.25, -0.2) is 4.79 Å². The van der Waals surface area contributed by atoms with E-state index in [0.717, 1.165) is 0 Å². The molecule has 5 atom stereocenters. The normalized spacial score (nSPS) is 15.1. The van der Waals surface area contributed by atoms with Crippen molar-refractivity contribution in [3.05, 3.63) is 0 Å². The first-order chi connectivity index (χ1) is 15.8. The van der Waals surface area contributed by atoms with Gasteiger partial charge in [0.25, 0.3) is 0 Å². The predicted molar refractivity (Wildman–Crippen MR) is 128 cm³/mol. The first kappa shape index (κ1) is 30.9. The lowest BCUT2D eigenvalue weighted by Crippen LogP contribution is -2.58. The molecule has 0 saturated heterocycles. The molecule has 0 radical (unpaired) electrons. The molecule has 0 aromatic rings. The van der Waals surface area contributed by atoms with Gasteiger partial charge in [0, 0.05) is 12.3 Å². The van der Waals surface area contributed by atoms with Crippen molar-refractivity contribution in [1.82, 2.24) is 16.0 Å². The summed E-state index contributed by atoms with van der Waals surface area (Å²) in [7, 11) is 0. The Kier molecular flexibility index (Phi) is 14.3. The van der Waals surface area contributed by atoms with E-state index in [9.17, 15) is 29.1 Å². The Labute approximate surface area is 203 Å². The van der Waals surface area contributed by atoms with E-state index in [1.807, 2.05) is 0 Å². The van der Waals surface area contributed by atoms with Crippen molar-refractivity contribution in [1.29, 1.82) is 0 Å². The lowest BCUT2D eigenvalue weighted by molar-refractivity contribution is -0.143. The summed E-state index contributed by atoms with van der Waals surface area (Å²) in [6.45, 7) is 3.62. The third-order valence-corrected chi connectivity index (χ3v) is 5.29. The van der Waals surface area contributed by atoms with Crippen LogP contribution in [0, 0.1) is 5.92 Å². The fourth-order valence-corrected chi connectivity index (χ4v) is 3.02. The van der Waals surface area contributed by atoms with Crippen LogP contribution in [0.25, 0.3) is 0 Å². The Morgan fingerprint density at radius 1 is 0.971 bits per heavy atom. The molecular weight excluding hydrogens is 468 g/mol. The standard InChI is InChI=1S/C19H36N8O6S/c1-3-9(2)14(18(32)33)27-17(31)12(8-34)26-16(30)11(5-4-6-24-19(22)23)25-15(29)10(20)7-13(21)28/h9-12,14,34H,3-8,20H2,1-2H3,(H2,21,28)(H,25,29)(H,26,30)(H,27,31)(H,32,33)(H4,22,23,24). The molecule has 14 nitrogen and oxygen atoms in total. The number of guanidine groups is 1. The number of carbonyl (C=O) groups excluding carboxylic acids is 4. The Balaban J connectivity index is 5.41. The van der Waals surface area contributed by atoms with Crippen molar-refractivity contribution >= 4 is 48.2 Å². The SMILES string of the molecule is CCC(C)C(NC(=O)C(CS)NC(=O)C(CCCN=C(N)N)NC(=O)C(N)CC(N)=O)C(=O)O. The fourth-order valence-electron chi connectivity index (χ4n) is 2.76. The predicted octanol–water partition coefficient (Wildman–Crippen LogP) is -3.24. The lowest BCUT2D eigenvalue weighted by Gasteiger charge is -2.25. The molecule has 194 valence electrons. The summed E-state index contributed by atoms with van der Waals surface area (Å²) < 4.78 is 0. The molecule has 4 amide bonds. The number of primary amides is 1. The second-order valence-electron chi connectivity index (χ2n) is 7.74. The minimum absolute atomic E-state index is 0.0726. The molecule has 0 fully saturated rings. The van der Waals surface area contributed by atoms with Gasteiger partial charge in [0.1, 0.15) is 18.1 Å². The van der Waals surface area contributed by atoms with Crippen LogP contribution in [0.4, 0.5) is 0 Å². The summed E-state index contributed by atoms with van der Waals surface area (Å²) in [4.78, 5) is 64.1. The third-order valence-electron chi connectivity index (χ3n) is 4.93. The van der Waals surface area contributed by atoms with Gasteiger partial charge in [0.15, 0.2) is 5.96 Å². The Bertz CT molecular complexity index is 761. The zero-order chi connectivity index (χ0) is 26.4. The molecule has 0 aromatic heterocycles. The summed E-state index contributed by atoms with van der Waals surface area (Å²) in [6, 6.07) is -4.77. The van der Waals surface area contributed by atoms with Crippen LogP contribution >= 0.6 is 12.6 Å². The number of hydrogen-bond donors (Lipinski definition) is 9. The van der Waals surface area contributed by atoms with Gasteiger partial charge in [-0.15, -0.1) is 0 Å². The van der Waals surface area contributed by atoms with Gasteiger partial charge in [-0.2, -0.15) is 12.6 Å². The van der Waals surface area contributed by atoms with E-state index in [1.54, 1.807) is 13.8 Å². The Hall–Kier alpha value is -3.07. The number of carbonyl (C=O) groups is 5. The summed E-state index contributed by atoms with van der Waals surface area (Å²) in [5.41, 5.74) is 21.2. The highest BCUT2D eigenvalue weighted by atomic mass is 32.1. The Morgan fingerprint density at radius 2 is 1.53 bits per heavy atom. The van der Waals surface area contributed by atoms with Crippen molar-refractivity contribution in [3.8, 4) is 0 Å². The van der Waals surface area contributed by atoms with Crippen molar-refractivity contribution in [2.45, 2.75) is 63.7 Å². The van der Waals surface area contributed by atoms with Crippen LogP contribution in [-0.2, 0) is 24.0 Å². The first-order valence-corrected chi connectivity index (χ1v) is 11.3. The van der Waals surface area contributed by atoms with Gasteiger partial charge in [0.2, 0.25) is 23.6 Å². The largest absolute Gasteiger partial charge is 0.480 e. The number of nitrogens with two attached hydrogens (primary N) is 4. The highest BCUT2D eigenvalue weighted by Gasteiger charge is 2.31. The number of amides is 4. The molecule has 0 bridgehead atoms. The number of thiol groups is 1. The van der Waals surface area contributed by atoms with Gasteiger partial charge in [-0.05, 0) is 18.8 Å². The average molecular weight is 505 g/mol. The highest BCUT2D eigenvalue weighted by Crippen LogP contribution is 2.09. The maximum absolute atomic E-state index is 12.9. The highest BCUT2D eigenvalue weighted by molar-refractivity contribution is 7.80.